The third kappa shape index (κ3) is 5.05. The molecule has 4 heteroatoms. The molecule has 0 saturated heterocycles. The fraction of sp³-hybridized carbons (Fsp3) is 0.733. The van der Waals surface area contributed by atoms with Crippen LogP contribution < -0.4 is 10.6 Å². The minimum absolute atomic E-state index is 0.453. The molecule has 0 radical (unpaired) electrons. The van der Waals surface area contributed by atoms with E-state index in [1.165, 1.54) is 32.1 Å². The first-order valence-electron chi connectivity index (χ1n) is 7.38. The van der Waals surface area contributed by atoms with Crippen molar-refractivity contribution in [1.29, 1.82) is 0 Å². The van der Waals surface area contributed by atoms with Crippen LogP contribution in [0, 0.1) is 13.8 Å². The number of unbranched alkanes of at least 4 members (excludes halogenated alkanes) is 3. The molecule has 2 N–H and O–H groups in total. The molecule has 19 heavy (non-hydrogen) atoms. The van der Waals surface area contributed by atoms with Crippen molar-refractivity contribution < 1.29 is 0 Å². The van der Waals surface area contributed by atoms with E-state index < -0.39 is 0 Å². The van der Waals surface area contributed by atoms with Gasteiger partial charge in [-0.05, 0) is 27.2 Å². The van der Waals surface area contributed by atoms with Gasteiger partial charge in [0.2, 0.25) is 0 Å². The zero-order chi connectivity index (χ0) is 14.3. The summed E-state index contributed by atoms with van der Waals surface area (Å²) in [5, 5.41) is 6.63. The lowest BCUT2D eigenvalue weighted by molar-refractivity contribution is 0.592. The largest absolute Gasteiger partial charge is 0.373 e. The summed E-state index contributed by atoms with van der Waals surface area (Å²) in [5.41, 5.74) is 1.09. The van der Waals surface area contributed by atoms with E-state index in [0.29, 0.717) is 6.04 Å². The van der Waals surface area contributed by atoms with Crippen LogP contribution in [0.5, 0.6) is 0 Å². The summed E-state index contributed by atoms with van der Waals surface area (Å²) in [5.74, 6) is 2.67. The molecular weight excluding hydrogens is 236 g/mol. The molecule has 0 saturated carbocycles. The molecule has 0 fully saturated rings. The molecule has 1 aromatic rings. The van der Waals surface area contributed by atoms with Gasteiger partial charge in [0, 0.05) is 18.7 Å². The Kier molecular flexibility index (Phi) is 6.60. The lowest BCUT2D eigenvalue weighted by Crippen LogP contribution is -2.18. The summed E-state index contributed by atoms with van der Waals surface area (Å²) in [4.78, 5) is 8.89. The average molecular weight is 264 g/mol. The number of hydrogen-bond acceptors (Lipinski definition) is 4. The normalized spacial score (nSPS) is 12.3. The Bertz CT molecular complexity index is 390. The highest BCUT2D eigenvalue weighted by Crippen LogP contribution is 2.20. The van der Waals surface area contributed by atoms with Crippen LogP contribution in [0.3, 0.4) is 0 Å². The number of aromatic nitrogens is 2. The highest BCUT2D eigenvalue weighted by Gasteiger charge is 2.10. The lowest BCUT2D eigenvalue weighted by Gasteiger charge is -2.17. The molecule has 1 rings (SSSR count). The quantitative estimate of drug-likeness (QED) is 0.699. The molecule has 0 aliphatic carbocycles. The van der Waals surface area contributed by atoms with E-state index in [1.54, 1.807) is 0 Å². The fourth-order valence-electron chi connectivity index (χ4n) is 2.20. The topological polar surface area (TPSA) is 49.8 Å². The Morgan fingerprint density at radius 1 is 1.05 bits per heavy atom. The highest BCUT2D eigenvalue weighted by atomic mass is 15.1. The van der Waals surface area contributed by atoms with Gasteiger partial charge in [-0.15, -0.1) is 0 Å². The standard InChI is InChI=1S/C15H28N4/c1-6-7-8-9-10-11(2)17-15-12(3)14(16-5)18-13(4)19-15/h11H,6-10H2,1-5H3,(H2,16,17,18,19). The first-order valence-corrected chi connectivity index (χ1v) is 7.38. The minimum Gasteiger partial charge on any atom is -0.373 e. The summed E-state index contributed by atoms with van der Waals surface area (Å²) in [7, 11) is 1.90. The van der Waals surface area contributed by atoms with Crippen LogP contribution in [0.2, 0.25) is 0 Å². The first-order chi connectivity index (χ1) is 9.08. The SMILES string of the molecule is CCCCCCC(C)Nc1nc(C)nc(NC)c1C. The molecule has 1 aromatic heterocycles. The molecule has 0 aliphatic heterocycles. The monoisotopic (exact) mass is 264 g/mol. The molecular formula is C15H28N4. The smallest absolute Gasteiger partial charge is 0.134 e. The Morgan fingerprint density at radius 3 is 2.37 bits per heavy atom. The molecule has 0 bridgehead atoms. The van der Waals surface area contributed by atoms with E-state index in [2.05, 4.69) is 41.4 Å². The molecule has 1 heterocycles. The Hall–Kier alpha value is -1.32. The summed E-state index contributed by atoms with van der Waals surface area (Å²) >= 11 is 0. The molecule has 0 aliphatic rings. The molecule has 4 nitrogen and oxygen atoms in total. The minimum atomic E-state index is 0.453. The zero-order valence-corrected chi connectivity index (χ0v) is 13.0. The van der Waals surface area contributed by atoms with E-state index in [9.17, 15) is 0 Å². The van der Waals surface area contributed by atoms with Gasteiger partial charge in [0.05, 0.1) is 0 Å². The third-order valence-corrected chi connectivity index (χ3v) is 3.37. The van der Waals surface area contributed by atoms with E-state index in [0.717, 1.165) is 23.0 Å². The molecule has 108 valence electrons. The van der Waals surface area contributed by atoms with Crippen LogP contribution in [-0.2, 0) is 0 Å². The van der Waals surface area contributed by atoms with Crippen molar-refractivity contribution in [1.82, 2.24) is 9.97 Å². The Morgan fingerprint density at radius 2 is 1.74 bits per heavy atom. The molecule has 1 atom stereocenters. The van der Waals surface area contributed by atoms with Gasteiger partial charge in [0.15, 0.2) is 0 Å². The number of rotatable bonds is 8. The van der Waals surface area contributed by atoms with Crippen molar-refractivity contribution in [3.63, 3.8) is 0 Å². The van der Waals surface area contributed by atoms with Gasteiger partial charge in [-0.2, -0.15) is 0 Å². The second kappa shape index (κ2) is 7.97. The van der Waals surface area contributed by atoms with Gasteiger partial charge in [-0.1, -0.05) is 32.6 Å². The van der Waals surface area contributed by atoms with Crippen molar-refractivity contribution in [3.05, 3.63) is 11.4 Å². The zero-order valence-electron chi connectivity index (χ0n) is 13.0. The van der Waals surface area contributed by atoms with Crippen molar-refractivity contribution >= 4 is 11.6 Å². The average Bonchev–Trinajstić information content (AvgIpc) is 2.38. The molecule has 0 amide bonds. The van der Waals surface area contributed by atoms with Crippen LogP contribution in [-0.4, -0.2) is 23.1 Å². The van der Waals surface area contributed by atoms with Gasteiger partial charge < -0.3 is 10.6 Å². The lowest BCUT2D eigenvalue weighted by atomic mass is 10.1. The highest BCUT2D eigenvalue weighted by molar-refractivity contribution is 5.57. The van der Waals surface area contributed by atoms with Crippen LogP contribution in [0.1, 0.15) is 57.3 Å². The summed E-state index contributed by atoms with van der Waals surface area (Å²) < 4.78 is 0. The Balaban J connectivity index is 2.58. The molecule has 0 spiro atoms. The number of nitrogens with zero attached hydrogens (tertiary/aromatic N) is 2. The number of nitrogens with one attached hydrogen (secondary N) is 2. The number of aryl methyl sites for hydroxylation is 1. The maximum Gasteiger partial charge on any atom is 0.134 e. The van der Waals surface area contributed by atoms with Crippen molar-refractivity contribution in [2.45, 2.75) is 65.8 Å². The number of hydrogen-bond donors (Lipinski definition) is 2. The Labute approximate surface area is 117 Å². The van der Waals surface area contributed by atoms with Crippen LogP contribution >= 0.6 is 0 Å². The van der Waals surface area contributed by atoms with Gasteiger partial charge in [-0.3, -0.25) is 0 Å². The summed E-state index contributed by atoms with van der Waals surface area (Å²) in [6, 6.07) is 0.453. The fourth-order valence-corrected chi connectivity index (χ4v) is 2.20. The second-order valence-electron chi connectivity index (χ2n) is 5.24. The van der Waals surface area contributed by atoms with Gasteiger partial charge in [0.1, 0.15) is 17.5 Å². The van der Waals surface area contributed by atoms with Crippen LogP contribution in [0.15, 0.2) is 0 Å². The van der Waals surface area contributed by atoms with Gasteiger partial charge >= 0.3 is 0 Å². The predicted octanol–water partition coefficient (Wildman–Crippen LogP) is 3.91. The van der Waals surface area contributed by atoms with Crippen LogP contribution in [0.25, 0.3) is 0 Å². The van der Waals surface area contributed by atoms with E-state index >= 15 is 0 Å². The maximum absolute atomic E-state index is 4.50. The first kappa shape index (κ1) is 15.7. The van der Waals surface area contributed by atoms with E-state index in [4.69, 9.17) is 0 Å². The summed E-state index contributed by atoms with van der Waals surface area (Å²) in [6.45, 7) is 8.45. The van der Waals surface area contributed by atoms with Gasteiger partial charge in [-0.25, -0.2) is 9.97 Å². The van der Waals surface area contributed by atoms with Crippen molar-refractivity contribution in [3.8, 4) is 0 Å². The van der Waals surface area contributed by atoms with Gasteiger partial charge in [0.25, 0.3) is 0 Å². The van der Waals surface area contributed by atoms with Crippen molar-refractivity contribution in [2.24, 2.45) is 0 Å². The predicted molar refractivity (Wildman–Crippen MR) is 82.9 cm³/mol. The van der Waals surface area contributed by atoms with E-state index in [-0.39, 0.29) is 0 Å². The summed E-state index contributed by atoms with van der Waals surface area (Å²) in [6.07, 6.45) is 6.42. The molecule has 0 aromatic carbocycles. The maximum atomic E-state index is 4.50. The van der Waals surface area contributed by atoms with Crippen molar-refractivity contribution in [2.75, 3.05) is 17.7 Å². The van der Waals surface area contributed by atoms with Crippen LogP contribution in [0.4, 0.5) is 11.6 Å². The van der Waals surface area contributed by atoms with E-state index in [1.807, 2.05) is 14.0 Å². The third-order valence-electron chi connectivity index (χ3n) is 3.37. The number of anilines is 2. The second-order valence-corrected chi connectivity index (χ2v) is 5.24. The molecule has 1 unspecified atom stereocenters.